The van der Waals surface area contributed by atoms with Crippen molar-refractivity contribution in [2.75, 3.05) is 6.61 Å². The van der Waals surface area contributed by atoms with Crippen LogP contribution in [0.25, 0.3) is 0 Å². The quantitative estimate of drug-likeness (QED) is 0.842. The van der Waals surface area contributed by atoms with E-state index in [1.165, 1.54) is 14.6 Å². The van der Waals surface area contributed by atoms with Gasteiger partial charge in [-0.25, -0.2) is 0 Å². The van der Waals surface area contributed by atoms with E-state index >= 15 is 0 Å². The van der Waals surface area contributed by atoms with Crippen LogP contribution in [0.1, 0.15) is 27.6 Å². The largest absolute Gasteiger partial charge is 0.394 e. The van der Waals surface area contributed by atoms with Crippen molar-refractivity contribution in [2.24, 2.45) is 0 Å². The summed E-state index contributed by atoms with van der Waals surface area (Å²) in [7, 11) is 0. The van der Waals surface area contributed by atoms with E-state index in [0.29, 0.717) is 0 Å². The minimum absolute atomic E-state index is 0.0578. The lowest BCUT2D eigenvalue weighted by Gasteiger charge is -2.13. The Kier molecular flexibility index (Phi) is 4.74. The molecule has 0 radical (unpaired) electrons. The van der Waals surface area contributed by atoms with E-state index in [-0.39, 0.29) is 12.6 Å². The van der Waals surface area contributed by atoms with Crippen LogP contribution in [-0.4, -0.2) is 11.7 Å². The molecule has 2 heterocycles. The zero-order valence-electron chi connectivity index (χ0n) is 9.85. The van der Waals surface area contributed by atoms with Gasteiger partial charge in [0.2, 0.25) is 0 Å². The summed E-state index contributed by atoms with van der Waals surface area (Å²) in [6.45, 7) is 3.12. The van der Waals surface area contributed by atoms with Crippen molar-refractivity contribution in [2.45, 2.75) is 25.9 Å². The highest BCUT2D eigenvalue weighted by Gasteiger charge is 2.12. The number of hydrogen-bond donors (Lipinski definition) is 2. The van der Waals surface area contributed by atoms with Crippen LogP contribution in [0.2, 0.25) is 0 Å². The van der Waals surface area contributed by atoms with Crippen LogP contribution in [0, 0.1) is 0 Å². The molecule has 0 aliphatic rings. The van der Waals surface area contributed by atoms with Crippen molar-refractivity contribution in [3.8, 4) is 0 Å². The monoisotopic (exact) mass is 267 g/mol. The fourth-order valence-corrected chi connectivity index (χ4v) is 3.34. The number of aliphatic hydroxyl groups excluding tert-OH is 1. The van der Waals surface area contributed by atoms with Gasteiger partial charge >= 0.3 is 0 Å². The van der Waals surface area contributed by atoms with Crippen LogP contribution >= 0.6 is 22.7 Å². The Balaban J connectivity index is 1.96. The molecule has 17 heavy (non-hydrogen) atoms. The Bertz CT molecular complexity index is 436. The number of aliphatic hydroxyl groups is 1. The molecule has 92 valence electrons. The third kappa shape index (κ3) is 3.39. The molecule has 2 aromatic rings. The molecule has 0 aliphatic heterocycles. The lowest BCUT2D eigenvalue weighted by Crippen LogP contribution is -2.22. The topological polar surface area (TPSA) is 32.3 Å². The van der Waals surface area contributed by atoms with Crippen LogP contribution in [0.15, 0.2) is 29.6 Å². The van der Waals surface area contributed by atoms with E-state index in [9.17, 15) is 5.11 Å². The Morgan fingerprint density at radius 2 is 2.18 bits per heavy atom. The average Bonchev–Trinajstić information content (AvgIpc) is 3.00. The van der Waals surface area contributed by atoms with Crippen molar-refractivity contribution in [3.05, 3.63) is 44.3 Å². The molecule has 0 aliphatic carbocycles. The molecule has 0 aromatic carbocycles. The zero-order valence-corrected chi connectivity index (χ0v) is 11.5. The fraction of sp³-hybridized carbons (Fsp3) is 0.385. The predicted octanol–water partition coefficient (Wildman–Crippen LogP) is 3.20. The molecule has 2 N–H and O–H groups in total. The highest BCUT2D eigenvalue weighted by atomic mass is 32.1. The van der Waals surface area contributed by atoms with Gasteiger partial charge in [0, 0.05) is 21.2 Å². The molecule has 1 atom stereocenters. The highest BCUT2D eigenvalue weighted by Crippen LogP contribution is 2.24. The van der Waals surface area contributed by atoms with Gasteiger partial charge in [0.25, 0.3) is 0 Å². The summed E-state index contributed by atoms with van der Waals surface area (Å²) >= 11 is 3.52. The molecule has 0 saturated heterocycles. The first-order valence-electron chi connectivity index (χ1n) is 5.78. The SMILES string of the molecule is CCc1ccc(C(CO)NCc2cccs2)s1. The van der Waals surface area contributed by atoms with Gasteiger partial charge in [0.15, 0.2) is 0 Å². The first-order valence-corrected chi connectivity index (χ1v) is 7.48. The summed E-state index contributed by atoms with van der Waals surface area (Å²) in [5, 5.41) is 14.9. The molecule has 2 nitrogen and oxygen atoms in total. The second-order valence-corrected chi connectivity index (χ2v) is 6.09. The van der Waals surface area contributed by atoms with Crippen molar-refractivity contribution < 1.29 is 5.11 Å². The third-order valence-corrected chi connectivity index (χ3v) is 4.88. The molecule has 1 unspecified atom stereocenters. The van der Waals surface area contributed by atoms with Gasteiger partial charge < -0.3 is 10.4 Å². The Morgan fingerprint density at radius 3 is 2.76 bits per heavy atom. The highest BCUT2D eigenvalue weighted by molar-refractivity contribution is 7.12. The van der Waals surface area contributed by atoms with E-state index in [0.717, 1.165) is 13.0 Å². The van der Waals surface area contributed by atoms with Crippen LogP contribution < -0.4 is 5.32 Å². The number of nitrogens with one attached hydrogen (secondary N) is 1. The van der Waals surface area contributed by atoms with E-state index in [4.69, 9.17) is 0 Å². The van der Waals surface area contributed by atoms with Gasteiger partial charge in [-0.3, -0.25) is 0 Å². The molecule has 0 saturated carbocycles. The van der Waals surface area contributed by atoms with Crippen LogP contribution in [-0.2, 0) is 13.0 Å². The first kappa shape index (κ1) is 12.8. The smallest absolute Gasteiger partial charge is 0.0652 e. The zero-order chi connectivity index (χ0) is 12.1. The summed E-state index contributed by atoms with van der Waals surface area (Å²) in [6.07, 6.45) is 1.06. The Labute approximate surface area is 110 Å². The Hall–Kier alpha value is -0.680. The van der Waals surface area contributed by atoms with Crippen molar-refractivity contribution in [1.29, 1.82) is 0 Å². The Morgan fingerprint density at radius 1 is 1.29 bits per heavy atom. The van der Waals surface area contributed by atoms with Gasteiger partial charge in [0.1, 0.15) is 0 Å². The molecule has 0 amide bonds. The molecule has 0 fully saturated rings. The minimum Gasteiger partial charge on any atom is -0.394 e. The number of rotatable bonds is 6. The summed E-state index contributed by atoms with van der Waals surface area (Å²) in [5.41, 5.74) is 0. The molecular formula is C13H17NOS2. The van der Waals surface area contributed by atoms with Crippen molar-refractivity contribution >= 4 is 22.7 Å². The van der Waals surface area contributed by atoms with Crippen LogP contribution in [0.4, 0.5) is 0 Å². The van der Waals surface area contributed by atoms with E-state index < -0.39 is 0 Å². The minimum atomic E-state index is 0.0578. The molecule has 0 bridgehead atoms. The second-order valence-electron chi connectivity index (χ2n) is 3.85. The standard InChI is InChI=1S/C13H17NOS2/c1-2-10-5-6-13(17-10)12(9-15)14-8-11-4-3-7-16-11/h3-7,12,14-15H,2,8-9H2,1H3. The maximum Gasteiger partial charge on any atom is 0.0652 e. The number of aryl methyl sites for hydroxylation is 1. The number of hydrogen-bond acceptors (Lipinski definition) is 4. The maximum absolute atomic E-state index is 9.44. The fourth-order valence-electron chi connectivity index (χ4n) is 1.66. The third-order valence-electron chi connectivity index (χ3n) is 2.66. The second kappa shape index (κ2) is 6.31. The van der Waals surface area contributed by atoms with Gasteiger partial charge in [-0.1, -0.05) is 13.0 Å². The van der Waals surface area contributed by atoms with E-state index in [1.807, 2.05) is 0 Å². The molecular weight excluding hydrogens is 250 g/mol. The van der Waals surface area contributed by atoms with Crippen molar-refractivity contribution in [1.82, 2.24) is 5.32 Å². The average molecular weight is 267 g/mol. The van der Waals surface area contributed by atoms with Crippen LogP contribution in [0.3, 0.4) is 0 Å². The van der Waals surface area contributed by atoms with Gasteiger partial charge in [-0.2, -0.15) is 0 Å². The van der Waals surface area contributed by atoms with Gasteiger partial charge in [-0.05, 0) is 30.0 Å². The first-order chi connectivity index (χ1) is 8.33. The summed E-state index contributed by atoms with van der Waals surface area (Å²) < 4.78 is 0. The number of thiophene rings is 2. The molecule has 2 rings (SSSR count). The molecule has 0 spiro atoms. The van der Waals surface area contributed by atoms with E-state index in [2.05, 4.69) is 41.9 Å². The van der Waals surface area contributed by atoms with E-state index in [1.54, 1.807) is 22.7 Å². The molecule has 2 aromatic heterocycles. The summed E-state index contributed by atoms with van der Waals surface area (Å²) in [6, 6.07) is 8.48. The summed E-state index contributed by atoms with van der Waals surface area (Å²) in [5.74, 6) is 0. The van der Waals surface area contributed by atoms with Crippen molar-refractivity contribution in [3.63, 3.8) is 0 Å². The lowest BCUT2D eigenvalue weighted by molar-refractivity contribution is 0.246. The normalized spacial score (nSPS) is 12.8. The van der Waals surface area contributed by atoms with Gasteiger partial charge in [0.05, 0.1) is 12.6 Å². The molecule has 4 heteroatoms. The maximum atomic E-state index is 9.44. The van der Waals surface area contributed by atoms with Crippen LogP contribution in [0.5, 0.6) is 0 Å². The summed E-state index contributed by atoms with van der Waals surface area (Å²) in [4.78, 5) is 3.90. The predicted molar refractivity (Wildman–Crippen MR) is 74.7 cm³/mol. The lowest BCUT2D eigenvalue weighted by atomic mass is 10.2. The van der Waals surface area contributed by atoms with Gasteiger partial charge in [-0.15, -0.1) is 22.7 Å².